The van der Waals surface area contributed by atoms with Crippen LogP contribution in [0.15, 0.2) is 36.5 Å². The molecular weight excluding hydrogens is 324 g/mol. The maximum atomic E-state index is 12.5. The Morgan fingerprint density at radius 3 is 2.38 bits per heavy atom. The lowest BCUT2D eigenvalue weighted by Crippen LogP contribution is -2.43. The van der Waals surface area contributed by atoms with E-state index in [9.17, 15) is 4.79 Å². The molecule has 0 bridgehead atoms. The highest BCUT2D eigenvalue weighted by Crippen LogP contribution is 2.18. The predicted molar refractivity (Wildman–Crippen MR) is 100 cm³/mol. The van der Waals surface area contributed by atoms with Crippen LogP contribution in [0.2, 0.25) is 0 Å². The molecule has 0 unspecified atom stereocenters. The molecule has 1 fully saturated rings. The average Bonchev–Trinajstić information content (AvgIpc) is 2.56. The second kappa shape index (κ2) is 8.13. The number of aromatic nitrogens is 1. The van der Waals surface area contributed by atoms with E-state index in [1.54, 1.807) is 0 Å². The Bertz CT molecular complexity index is 676. The average molecular weight is 347 g/mol. The number of benzene rings is 1. The van der Waals surface area contributed by atoms with Gasteiger partial charge in [-0.05, 0) is 37.1 Å². The molecule has 0 spiro atoms. The lowest BCUT2D eigenvalue weighted by atomic mass is 10.0. The first kappa shape index (κ1) is 18.2. The highest BCUT2D eigenvalue weighted by molar-refractivity contribution is 6.05. The van der Waals surface area contributed by atoms with Crippen LogP contribution >= 0.6 is 12.4 Å². The van der Waals surface area contributed by atoms with Crippen LogP contribution in [0.1, 0.15) is 21.5 Å². The number of rotatable bonds is 3. The van der Waals surface area contributed by atoms with E-state index in [4.69, 9.17) is 0 Å². The van der Waals surface area contributed by atoms with Gasteiger partial charge in [0.1, 0.15) is 5.82 Å². The molecule has 6 heteroatoms. The van der Waals surface area contributed by atoms with Crippen LogP contribution in [-0.2, 0) is 0 Å². The highest BCUT2D eigenvalue weighted by atomic mass is 35.5. The Kier molecular flexibility index (Phi) is 6.17. The monoisotopic (exact) mass is 346 g/mol. The summed E-state index contributed by atoms with van der Waals surface area (Å²) in [4.78, 5) is 19.1. The van der Waals surface area contributed by atoms with E-state index in [1.807, 2.05) is 50.4 Å². The van der Waals surface area contributed by atoms with Gasteiger partial charge in [-0.1, -0.05) is 18.2 Å². The topological polar surface area (TPSA) is 57.3 Å². The normalized spacial score (nSPS) is 14.0. The van der Waals surface area contributed by atoms with Gasteiger partial charge in [-0.15, -0.1) is 12.4 Å². The van der Waals surface area contributed by atoms with Crippen molar-refractivity contribution in [3.05, 3.63) is 53.2 Å². The Morgan fingerprint density at radius 1 is 1.12 bits per heavy atom. The standard InChI is InChI=1S/C18H22N4O.ClH/c1-13-4-3-5-14(2)17(13)18(23)21-16-7-6-15(12-20-16)22-10-8-19-9-11-22;/h3-7,12,19H,8-11H2,1-2H3,(H,20,21,23);1H. The molecule has 0 saturated carbocycles. The second-order valence-corrected chi connectivity index (χ2v) is 5.86. The number of nitrogens with zero attached hydrogens (tertiary/aromatic N) is 2. The van der Waals surface area contributed by atoms with E-state index in [0.717, 1.165) is 48.6 Å². The number of pyridine rings is 1. The summed E-state index contributed by atoms with van der Waals surface area (Å²) in [6.45, 7) is 7.84. The van der Waals surface area contributed by atoms with Crippen molar-refractivity contribution in [1.82, 2.24) is 10.3 Å². The van der Waals surface area contributed by atoms with Crippen molar-refractivity contribution in [2.75, 3.05) is 36.4 Å². The molecule has 128 valence electrons. The highest BCUT2D eigenvalue weighted by Gasteiger charge is 2.14. The van der Waals surface area contributed by atoms with Gasteiger partial charge in [-0.25, -0.2) is 4.98 Å². The molecular formula is C18H23ClN4O. The first-order valence-corrected chi connectivity index (χ1v) is 7.94. The maximum absolute atomic E-state index is 12.5. The molecule has 0 aliphatic carbocycles. The summed E-state index contributed by atoms with van der Waals surface area (Å²) < 4.78 is 0. The molecule has 1 aromatic heterocycles. The van der Waals surface area contributed by atoms with E-state index in [-0.39, 0.29) is 18.3 Å². The first-order chi connectivity index (χ1) is 11.1. The van der Waals surface area contributed by atoms with Crippen LogP contribution in [0.3, 0.4) is 0 Å². The summed E-state index contributed by atoms with van der Waals surface area (Å²) in [6, 6.07) is 9.73. The third-order valence-corrected chi connectivity index (χ3v) is 4.18. The van der Waals surface area contributed by atoms with Crippen molar-refractivity contribution in [3.63, 3.8) is 0 Å². The molecule has 2 aromatic rings. The van der Waals surface area contributed by atoms with Crippen molar-refractivity contribution in [2.24, 2.45) is 0 Å². The van der Waals surface area contributed by atoms with Gasteiger partial charge in [0.05, 0.1) is 11.9 Å². The van der Waals surface area contributed by atoms with Crippen LogP contribution in [0.25, 0.3) is 0 Å². The zero-order valence-corrected chi connectivity index (χ0v) is 14.8. The molecule has 1 saturated heterocycles. The van der Waals surface area contributed by atoms with Crippen molar-refractivity contribution in [2.45, 2.75) is 13.8 Å². The van der Waals surface area contributed by atoms with Gasteiger partial charge in [0, 0.05) is 31.7 Å². The summed E-state index contributed by atoms with van der Waals surface area (Å²) in [5.74, 6) is 0.472. The molecule has 0 radical (unpaired) electrons. The van der Waals surface area contributed by atoms with Crippen LogP contribution in [0.5, 0.6) is 0 Å². The zero-order chi connectivity index (χ0) is 16.2. The van der Waals surface area contributed by atoms with E-state index < -0.39 is 0 Å². The second-order valence-electron chi connectivity index (χ2n) is 5.86. The number of nitrogens with one attached hydrogen (secondary N) is 2. The van der Waals surface area contributed by atoms with Crippen LogP contribution in [-0.4, -0.2) is 37.1 Å². The van der Waals surface area contributed by atoms with Gasteiger partial charge in [-0.2, -0.15) is 0 Å². The van der Waals surface area contributed by atoms with Gasteiger partial charge in [0.25, 0.3) is 5.91 Å². The molecule has 1 amide bonds. The van der Waals surface area contributed by atoms with Gasteiger partial charge in [0.2, 0.25) is 0 Å². The van der Waals surface area contributed by atoms with Crippen molar-refractivity contribution in [1.29, 1.82) is 0 Å². The zero-order valence-electron chi connectivity index (χ0n) is 14.0. The quantitative estimate of drug-likeness (QED) is 0.897. The molecule has 1 aliphatic rings. The number of amides is 1. The fraction of sp³-hybridized carbons (Fsp3) is 0.333. The van der Waals surface area contributed by atoms with Gasteiger partial charge in [0.15, 0.2) is 0 Å². The summed E-state index contributed by atoms with van der Waals surface area (Å²) in [5.41, 5.74) is 3.76. The van der Waals surface area contributed by atoms with Crippen LogP contribution < -0.4 is 15.5 Å². The minimum absolute atomic E-state index is 0. The van der Waals surface area contributed by atoms with Crippen molar-refractivity contribution < 1.29 is 4.79 Å². The largest absolute Gasteiger partial charge is 0.368 e. The van der Waals surface area contributed by atoms with E-state index >= 15 is 0 Å². The number of hydrogen-bond acceptors (Lipinski definition) is 4. The predicted octanol–water partition coefficient (Wildman–Crippen LogP) is 2.78. The summed E-state index contributed by atoms with van der Waals surface area (Å²) in [7, 11) is 0. The van der Waals surface area contributed by atoms with E-state index in [1.165, 1.54) is 0 Å². The summed E-state index contributed by atoms with van der Waals surface area (Å²) >= 11 is 0. The summed E-state index contributed by atoms with van der Waals surface area (Å²) in [6.07, 6.45) is 1.83. The number of aryl methyl sites for hydroxylation is 2. The number of hydrogen-bond donors (Lipinski definition) is 2. The maximum Gasteiger partial charge on any atom is 0.257 e. The third kappa shape index (κ3) is 4.04. The van der Waals surface area contributed by atoms with Crippen molar-refractivity contribution >= 4 is 29.8 Å². The molecule has 0 atom stereocenters. The Balaban J connectivity index is 0.00000208. The molecule has 5 nitrogen and oxygen atoms in total. The molecule has 2 N–H and O–H groups in total. The molecule has 1 aliphatic heterocycles. The minimum atomic E-state index is -0.108. The van der Waals surface area contributed by atoms with Crippen LogP contribution in [0, 0.1) is 13.8 Å². The number of piperazine rings is 1. The lowest BCUT2D eigenvalue weighted by Gasteiger charge is -2.29. The molecule has 1 aromatic carbocycles. The minimum Gasteiger partial charge on any atom is -0.368 e. The Morgan fingerprint density at radius 2 is 1.79 bits per heavy atom. The summed E-state index contributed by atoms with van der Waals surface area (Å²) in [5, 5.41) is 6.22. The fourth-order valence-corrected chi connectivity index (χ4v) is 2.92. The number of anilines is 2. The third-order valence-electron chi connectivity index (χ3n) is 4.18. The molecule has 24 heavy (non-hydrogen) atoms. The van der Waals surface area contributed by atoms with E-state index in [0.29, 0.717) is 5.82 Å². The smallest absolute Gasteiger partial charge is 0.257 e. The Labute approximate surface area is 148 Å². The SMILES string of the molecule is Cc1cccc(C)c1C(=O)Nc1ccc(N2CCNCC2)cn1.Cl. The first-order valence-electron chi connectivity index (χ1n) is 7.94. The van der Waals surface area contributed by atoms with Gasteiger partial charge in [-0.3, -0.25) is 4.79 Å². The Hall–Kier alpha value is -2.11. The molecule has 2 heterocycles. The van der Waals surface area contributed by atoms with E-state index in [2.05, 4.69) is 20.5 Å². The fourth-order valence-electron chi connectivity index (χ4n) is 2.92. The number of carbonyl (C=O) groups is 1. The lowest BCUT2D eigenvalue weighted by molar-refractivity contribution is 0.102. The van der Waals surface area contributed by atoms with Crippen LogP contribution in [0.4, 0.5) is 11.5 Å². The van der Waals surface area contributed by atoms with Gasteiger partial charge >= 0.3 is 0 Å². The number of halogens is 1. The number of carbonyl (C=O) groups excluding carboxylic acids is 1. The van der Waals surface area contributed by atoms with Crippen molar-refractivity contribution in [3.8, 4) is 0 Å². The van der Waals surface area contributed by atoms with Gasteiger partial charge < -0.3 is 15.5 Å². The molecule has 3 rings (SSSR count).